The van der Waals surface area contributed by atoms with E-state index in [0.29, 0.717) is 5.02 Å². The average molecular weight is 307 g/mol. The summed E-state index contributed by atoms with van der Waals surface area (Å²) in [6.45, 7) is 1.29. The van der Waals surface area contributed by atoms with Crippen molar-refractivity contribution in [1.82, 2.24) is 14.8 Å². The summed E-state index contributed by atoms with van der Waals surface area (Å²) in [7, 11) is 0. The first-order valence-corrected chi connectivity index (χ1v) is 5.88. The highest BCUT2D eigenvalue weighted by molar-refractivity contribution is 6.40. The van der Waals surface area contributed by atoms with Crippen molar-refractivity contribution >= 4 is 40.6 Å². The van der Waals surface area contributed by atoms with E-state index >= 15 is 0 Å². The third-order valence-corrected chi connectivity index (χ3v) is 2.94. The number of hydrogen-bond donors (Lipinski definition) is 1. The maximum absolute atomic E-state index is 11.7. The molecule has 0 radical (unpaired) electrons. The number of carbonyl (C=O) groups excluding carboxylic acids is 1. The summed E-state index contributed by atoms with van der Waals surface area (Å²) in [6, 6.07) is 2.86. The first-order valence-electron chi connectivity index (χ1n) is 4.75. The van der Waals surface area contributed by atoms with Crippen LogP contribution >= 0.6 is 34.8 Å². The highest BCUT2D eigenvalue weighted by Gasteiger charge is 2.16. The molecule has 0 aliphatic rings. The Morgan fingerprint density at radius 1 is 1.28 bits per heavy atom. The second kappa shape index (κ2) is 4.76. The molecule has 0 amide bonds. The van der Waals surface area contributed by atoms with Gasteiger partial charge >= 0.3 is 5.69 Å². The molecule has 2 rings (SSSR count). The van der Waals surface area contributed by atoms with Crippen LogP contribution in [0.1, 0.15) is 17.5 Å². The highest BCUT2D eigenvalue weighted by Crippen LogP contribution is 2.30. The van der Waals surface area contributed by atoms with Gasteiger partial charge < -0.3 is 0 Å². The number of Topliss-reactive ketones (excluding diaryl/α,β-unsaturated/α-hetero) is 1. The van der Waals surface area contributed by atoms with Crippen molar-refractivity contribution in [2.45, 2.75) is 6.92 Å². The molecule has 0 aliphatic heterocycles. The molecule has 94 valence electrons. The molecule has 0 atom stereocenters. The summed E-state index contributed by atoms with van der Waals surface area (Å²) >= 11 is 17.7. The molecule has 0 aliphatic carbocycles. The summed E-state index contributed by atoms with van der Waals surface area (Å²) in [5.41, 5.74) is -0.428. The molecular weight excluding hydrogens is 300 g/mol. The Labute approximate surface area is 116 Å². The molecule has 1 N–H and O–H groups in total. The number of hydrogen-bond acceptors (Lipinski definition) is 3. The Kier molecular flexibility index (Phi) is 3.47. The fraction of sp³-hybridized carbons (Fsp3) is 0.100. The molecule has 0 fully saturated rings. The predicted molar refractivity (Wildman–Crippen MR) is 69.2 cm³/mol. The number of aromatic nitrogens is 3. The number of nitrogens with one attached hydrogen (secondary N) is 1. The summed E-state index contributed by atoms with van der Waals surface area (Å²) in [4.78, 5) is 25.1. The number of carbonyl (C=O) groups is 1. The van der Waals surface area contributed by atoms with E-state index < -0.39 is 5.69 Å². The second-order valence-corrected chi connectivity index (χ2v) is 4.72. The number of aromatic amines is 1. The zero-order valence-electron chi connectivity index (χ0n) is 9.00. The average Bonchev–Trinajstić information content (AvgIpc) is 2.59. The molecule has 8 heteroatoms. The van der Waals surface area contributed by atoms with E-state index in [9.17, 15) is 9.59 Å². The fourth-order valence-corrected chi connectivity index (χ4v) is 2.35. The van der Waals surface area contributed by atoms with Crippen LogP contribution in [0.2, 0.25) is 15.1 Å². The van der Waals surface area contributed by atoms with Crippen LogP contribution in [-0.4, -0.2) is 20.5 Å². The van der Waals surface area contributed by atoms with Crippen molar-refractivity contribution < 1.29 is 4.79 Å². The van der Waals surface area contributed by atoms with Gasteiger partial charge in [0.05, 0.1) is 10.0 Å². The summed E-state index contributed by atoms with van der Waals surface area (Å²) in [5.74, 6) is -0.436. The van der Waals surface area contributed by atoms with E-state index in [0.717, 1.165) is 4.68 Å². The normalized spacial score (nSPS) is 10.7. The van der Waals surface area contributed by atoms with Crippen LogP contribution in [0.15, 0.2) is 16.9 Å². The van der Waals surface area contributed by atoms with E-state index in [-0.39, 0.29) is 27.3 Å². The largest absolute Gasteiger partial charge is 0.348 e. The Hall–Kier alpha value is -1.30. The first-order chi connectivity index (χ1) is 8.40. The Balaban J connectivity index is 2.70. The van der Waals surface area contributed by atoms with Crippen molar-refractivity contribution in [2.75, 3.05) is 0 Å². The molecule has 5 nitrogen and oxygen atoms in total. The third-order valence-electron chi connectivity index (χ3n) is 2.14. The monoisotopic (exact) mass is 305 g/mol. The molecule has 0 unspecified atom stereocenters. The van der Waals surface area contributed by atoms with Crippen molar-refractivity contribution in [2.24, 2.45) is 0 Å². The van der Waals surface area contributed by atoms with Crippen LogP contribution in [0, 0.1) is 0 Å². The number of ketones is 1. The number of H-pyrrole nitrogens is 1. The smallest absolute Gasteiger partial charge is 0.291 e. The number of nitrogens with zero attached hydrogens (tertiary/aromatic N) is 2. The van der Waals surface area contributed by atoms with E-state index in [2.05, 4.69) is 10.1 Å². The zero-order chi connectivity index (χ0) is 13.4. The van der Waals surface area contributed by atoms with Gasteiger partial charge in [-0.25, -0.2) is 4.79 Å². The Bertz CT molecular complexity index is 667. The molecule has 0 saturated heterocycles. The summed E-state index contributed by atoms with van der Waals surface area (Å²) in [6.07, 6.45) is 0. The van der Waals surface area contributed by atoms with E-state index in [1.807, 2.05) is 0 Å². The number of halogens is 3. The number of rotatable bonds is 2. The lowest BCUT2D eigenvalue weighted by Gasteiger charge is -2.05. The van der Waals surface area contributed by atoms with Gasteiger partial charge in [0.15, 0.2) is 11.6 Å². The van der Waals surface area contributed by atoms with Gasteiger partial charge in [0.25, 0.3) is 0 Å². The van der Waals surface area contributed by atoms with Gasteiger partial charge in [-0.05, 0) is 12.1 Å². The van der Waals surface area contributed by atoms with E-state index in [4.69, 9.17) is 34.8 Å². The Morgan fingerprint density at radius 2 is 1.83 bits per heavy atom. The van der Waals surface area contributed by atoms with E-state index in [1.54, 1.807) is 0 Å². The van der Waals surface area contributed by atoms with Gasteiger partial charge in [0.1, 0.15) is 5.69 Å². The minimum atomic E-state index is -0.605. The minimum absolute atomic E-state index is 0.0675. The molecule has 1 aromatic carbocycles. The lowest BCUT2D eigenvalue weighted by atomic mass is 10.3. The highest BCUT2D eigenvalue weighted by atomic mass is 35.5. The van der Waals surface area contributed by atoms with Crippen molar-refractivity contribution in [3.63, 3.8) is 0 Å². The van der Waals surface area contributed by atoms with Gasteiger partial charge in [0.2, 0.25) is 0 Å². The maximum Gasteiger partial charge on any atom is 0.348 e. The molecule has 0 saturated carbocycles. The van der Waals surface area contributed by atoms with Gasteiger partial charge in [-0.1, -0.05) is 34.8 Å². The van der Waals surface area contributed by atoms with Crippen LogP contribution < -0.4 is 5.69 Å². The molecular formula is C10H6Cl3N3O2. The molecule has 2 aromatic rings. The van der Waals surface area contributed by atoms with Crippen LogP contribution in [0.3, 0.4) is 0 Å². The fourth-order valence-electron chi connectivity index (χ4n) is 1.37. The summed E-state index contributed by atoms with van der Waals surface area (Å²) < 4.78 is 0.928. The van der Waals surface area contributed by atoms with Gasteiger partial charge in [0, 0.05) is 11.9 Å². The second-order valence-electron chi connectivity index (χ2n) is 3.46. The van der Waals surface area contributed by atoms with E-state index in [1.165, 1.54) is 19.1 Å². The van der Waals surface area contributed by atoms with Crippen LogP contribution in [-0.2, 0) is 0 Å². The summed E-state index contributed by atoms with van der Waals surface area (Å²) in [5, 5.41) is 4.48. The first kappa shape index (κ1) is 13.1. The minimum Gasteiger partial charge on any atom is -0.291 e. The molecule has 0 spiro atoms. The lowest BCUT2D eigenvalue weighted by molar-refractivity contribution is 0.100. The lowest BCUT2D eigenvalue weighted by Crippen LogP contribution is -2.16. The predicted octanol–water partition coefficient (Wildman–Crippen LogP) is 2.72. The molecule has 18 heavy (non-hydrogen) atoms. The quantitative estimate of drug-likeness (QED) is 0.867. The van der Waals surface area contributed by atoms with Gasteiger partial charge in [-0.15, -0.1) is 5.10 Å². The maximum atomic E-state index is 11.7. The van der Waals surface area contributed by atoms with Crippen LogP contribution in [0.4, 0.5) is 0 Å². The zero-order valence-corrected chi connectivity index (χ0v) is 11.3. The van der Waals surface area contributed by atoms with Crippen LogP contribution in [0.5, 0.6) is 0 Å². The molecule has 1 aromatic heterocycles. The molecule has 1 heterocycles. The van der Waals surface area contributed by atoms with Crippen molar-refractivity contribution in [3.05, 3.63) is 43.5 Å². The standard InChI is InChI=1S/C10H6Cl3N3O2/c1-4(17)9-14-10(18)16(15-9)8-6(12)2-5(11)3-7(8)13/h2-3H,1H3,(H,14,15,18). The van der Waals surface area contributed by atoms with Crippen molar-refractivity contribution in [1.29, 1.82) is 0 Å². The van der Waals surface area contributed by atoms with Crippen molar-refractivity contribution in [3.8, 4) is 5.69 Å². The van der Waals surface area contributed by atoms with Crippen LogP contribution in [0.25, 0.3) is 5.69 Å². The SMILES string of the molecule is CC(=O)c1nn(-c2c(Cl)cc(Cl)cc2Cl)c(=O)[nH]1. The number of benzene rings is 1. The topological polar surface area (TPSA) is 67.8 Å². The van der Waals surface area contributed by atoms with Gasteiger partial charge in [-0.3, -0.25) is 9.78 Å². The third kappa shape index (κ3) is 2.29. The molecule has 0 bridgehead atoms. The van der Waals surface area contributed by atoms with Gasteiger partial charge in [-0.2, -0.15) is 4.68 Å². The Morgan fingerprint density at radius 3 is 2.28 bits per heavy atom.